The second-order valence-corrected chi connectivity index (χ2v) is 6.57. The first-order valence-electron chi connectivity index (χ1n) is 7.83. The Bertz CT molecular complexity index is 239. The molecule has 0 aliphatic heterocycles. The van der Waals surface area contributed by atoms with Gasteiger partial charge in [-0.25, -0.2) is 0 Å². The molecule has 0 aromatic rings. The van der Waals surface area contributed by atoms with Gasteiger partial charge in [0, 0.05) is 24.1 Å². The van der Waals surface area contributed by atoms with E-state index in [1.807, 2.05) is 0 Å². The van der Waals surface area contributed by atoms with E-state index < -0.39 is 0 Å². The smallest absolute Gasteiger partial charge is 0.0655 e. The molecule has 18 heavy (non-hydrogen) atoms. The maximum absolute atomic E-state index is 5.80. The van der Waals surface area contributed by atoms with E-state index >= 15 is 0 Å². The summed E-state index contributed by atoms with van der Waals surface area (Å²) in [5, 5.41) is 3.87. The van der Waals surface area contributed by atoms with Crippen molar-refractivity contribution in [3.63, 3.8) is 0 Å². The largest absolute Gasteiger partial charge is 0.378 e. The molecule has 0 saturated heterocycles. The zero-order valence-corrected chi connectivity index (χ0v) is 13.3. The number of hydrogen-bond donors (Lipinski definition) is 1. The Morgan fingerprint density at radius 1 is 1.22 bits per heavy atom. The van der Waals surface area contributed by atoms with Crippen LogP contribution < -0.4 is 5.32 Å². The third-order valence-corrected chi connectivity index (χ3v) is 4.86. The Labute approximate surface area is 114 Å². The fourth-order valence-electron chi connectivity index (χ4n) is 2.94. The van der Waals surface area contributed by atoms with Gasteiger partial charge in [-0.05, 0) is 32.1 Å². The average Bonchev–Trinajstić information content (AvgIpc) is 2.35. The minimum Gasteiger partial charge on any atom is -0.378 e. The summed E-state index contributed by atoms with van der Waals surface area (Å²) in [5.41, 5.74) is 0.291. The molecule has 1 aliphatic rings. The summed E-state index contributed by atoms with van der Waals surface area (Å²) in [6.07, 6.45) is 5.45. The Morgan fingerprint density at radius 2 is 1.89 bits per heavy atom. The molecule has 0 amide bonds. The van der Waals surface area contributed by atoms with Gasteiger partial charge >= 0.3 is 0 Å². The van der Waals surface area contributed by atoms with Crippen LogP contribution in [0.3, 0.4) is 0 Å². The van der Waals surface area contributed by atoms with Crippen LogP contribution in [0, 0.1) is 11.3 Å². The van der Waals surface area contributed by atoms with Crippen molar-refractivity contribution in [1.82, 2.24) is 5.32 Å². The van der Waals surface area contributed by atoms with Crippen molar-refractivity contribution in [3.05, 3.63) is 0 Å². The lowest BCUT2D eigenvalue weighted by molar-refractivity contribution is -0.117. The van der Waals surface area contributed by atoms with Crippen LogP contribution in [0.5, 0.6) is 0 Å². The van der Waals surface area contributed by atoms with Gasteiger partial charge in [-0.15, -0.1) is 0 Å². The molecule has 2 nitrogen and oxygen atoms in total. The van der Waals surface area contributed by atoms with E-state index in [0.29, 0.717) is 23.6 Å². The lowest BCUT2D eigenvalue weighted by atomic mass is 9.64. The van der Waals surface area contributed by atoms with Crippen LogP contribution in [0.1, 0.15) is 67.2 Å². The van der Waals surface area contributed by atoms with Gasteiger partial charge in [0.05, 0.1) is 6.10 Å². The zero-order chi connectivity index (χ0) is 13.8. The molecule has 0 heterocycles. The lowest BCUT2D eigenvalue weighted by Gasteiger charge is -2.53. The first kappa shape index (κ1) is 16.0. The highest BCUT2D eigenvalue weighted by atomic mass is 16.5. The molecule has 1 saturated carbocycles. The summed E-state index contributed by atoms with van der Waals surface area (Å²) in [5.74, 6) is 0.827. The fourth-order valence-corrected chi connectivity index (χ4v) is 2.94. The van der Waals surface area contributed by atoms with Crippen molar-refractivity contribution >= 4 is 0 Å². The van der Waals surface area contributed by atoms with Gasteiger partial charge in [0.25, 0.3) is 0 Å². The number of ether oxygens (including phenoxy) is 1. The third-order valence-electron chi connectivity index (χ3n) is 4.86. The third kappa shape index (κ3) is 3.71. The first-order valence-corrected chi connectivity index (χ1v) is 7.83. The van der Waals surface area contributed by atoms with Crippen LogP contribution in [0.4, 0.5) is 0 Å². The monoisotopic (exact) mass is 255 g/mol. The highest BCUT2D eigenvalue weighted by Crippen LogP contribution is 2.43. The number of hydrogen-bond acceptors (Lipinski definition) is 2. The van der Waals surface area contributed by atoms with Gasteiger partial charge in [0.2, 0.25) is 0 Å². The van der Waals surface area contributed by atoms with Crippen LogP contribution in [0.25, 0.3) is 0 Å². The van der Waals surface area contributed by atoms with E-state index in [-0.39, 0.29) is 0 Å². The maximum atomic E-state index is 5.80. The average molecular weight is 255 g/mol. The van der Waals surface area contributed by atoms with E-state index in [4.69, 9.17) is 4.74 Å². The second-order valence-electron chi connectivity index (χ2n) is 6.57. The summed E-state index contributed by atoms with van der Waals surface area (Å²) < 4.78 is 5.80. The number of rotatable bonds is 8. The Hall–Kier alpha value is -0.0800. The van der Waals surface area contributed by atoms with Crippen molar-refractivity contribution in [2.45, 2.75) is 85.4 Å². The highest BCUT2D eigenvalue weighted by Gasteiger charge is 2.49. The summed E-state index contributed by atoms with van der Waals surface area (Å²) >= 11 is 0. The molecule has 1 aliphatic carbocycles. The Kier molecular flexibility index (Phi) is 6.13. The van der Waals surface area contributed by atoms with Crippen molar-refractivity contribution in [2.24, 2.45) is 11.3 Å². The molecule has 0 radical (unpaired) electrons. The SMILES string of the molecule is CCOC1CC(NC(CC)CC(C)CC)C1(C)C. The van der Waals surface area contributed by atoms with Crippen LogP contribution in [0.15, 0.2) is 0 Å². The number of nitrogens with one attached hydrogen (secondary N) is 1. The van der Waals surface area contributed by atoms with Crippen molar-refractivity contribution in [2.75, 3.05) is 6.61 Å². The summed E-state index contributed by atoms with van der Waals surface area (Å²) in [6, 6.07) is 1.30. The van der Waals surface area contributed by atoms with Crippen LogP contribution in [-0.4, -0.2) is 24.8 Å². The molecule has 0 aromatic heterocycles. The molecule has 0 spiro atoms. The molecule has 1 rings (SSSR count). The van der Waals surface area contributed by atoms with E-state index in [1.165, 1.54) is 25.7 Å². The van der Waals surface area contributed by atoms with Gasteiger partial charge in [0.15, 0.2) is 0 Å². The Balaban J connectivity index is 2.42. The predicted octanol–water partition coefficient (Wildman–Crippen LogP) is 3.99. The molecule has 4 atom stereocenters. The molecule has 1 N–H and O–H groups in total. The molecule has 0 aromatic carbocycles. The first-order chi connectivity index (χ1) is 8.45. The molecule has 0 bridgehead atoms. The van der Waals surface area contributed by atoms with Gasteiger partial charge in [-0.2, -0.15) is 0 Å². The molecule has 4 unspecified atom stereocenters. The summed E-state index contributed by atoms with van der Waals surface area (Å²) in [7, 11) is 0. The van der Waals surface area contributed by atoms with Crippen LogP contribution in [0.2, 0.25) is 0 Å². The van der Waals surface area contributed by atoms with E-state index in [1.54, 1.807) is 0 Å². The van der Waals surface area contributed by atoms with E-state index in [2.05, 4.69) is 46.9 Å². The standard InChI is InChI=1S/C16H33NO/c1-7-12(4)10-13(8-2)17-14-11-15(18-9-3)16(14,5)6/h12-15,17H,7-11H2,1-6H3. The van der Waals surface area contributed by atoms with Crippen LogP contribution >= 0.6 is 0 Å². The minimum atomic E-state index is 0.291. The van der Waals surface area contributed by atoms with Gasteiger partial charge in [-0.3, -0.25) is 0 Å². The minimum absolute atomic E-state index is 0.291. The molecule has 108 valence electrons. The lowest BCUT2D eigenvalue weighted by Crippen LogP contribution is -2.62. The van der Waals surface area contributed by atoms with Gasteiger partial charge in [-0.1, -0.05) is 41.0 Å². The van der Waals surface area contributed by atoms with Gasteiger partial charge < -0.3 is 10.1 Å². The van der Waals surface area contributed by atoms with Crippen LogP contribution in [-0.2, 0) is 4.74 Å². The quantitative estimate of drug-likeness (QED) is 0.708. The Morgan fingerprint density at radius 3 is 2.33 bits per heavy atom. The summed E-state index contributed by atoms with van der Waals surface area (Å²) in [6.45, 7) is 14.6. The zero-order valence-electron chi connectivity index (χ0n) is 13.3. The van der Waals surface area contributed by atoms with Gasteiger partial charge in [0.1, 0.15) is 0 Å². The predicted molar refractivity (Wildman–Crippen MR) is 78.9 cm³/mol. The molecule has 1 fully saturated rings. The maximum Gasteiger partial charge on any atom is 0.0655 e. The fraction of sp³-hybridized carbons (Fsp3) is 1.00. The van der Waals surface area contributed by atoms with Crippen molar-refractivity contribution in [3.8, 4) is 0 Å². The second kappa shape index (κ2) is 6.91. The normalized spacial score (nSPS) is 29.7. The van der Waals surface area contributed by atoms with Crippen molar-refractivity contribution < 1.29 is 4.74 Å². The molecular formula is C16H33NO. The molecular weight excluding hydrogens is 222 g/mol. The summed E-state index contributed by atoms with van der Waals surface area (Å²) in [4.78, 5) is 0. The van der Waals surface area contributed by atoms with E-state index in [0.717, 1.165) is 12.5 Å². The topological polar surface area (TPSA) is 21.3 Å². The highest BCUT2D eigenvalue weighted by molar-refractivity contribution is 5.03. The van der Waals surface area contributed by atoms with E-state index in [9.17, 15) is 0 Å². The molecule has 2 heteroatoms. The van der Waals surface area contributed by atoms with Crippen molar-refractivity contribution in [1.29, 1.82) is 0 Å².